The van der Waals surface area contributed by atoms with Gasteiger partial charge in [0.1, 0.15) is 5.82 Å². The highest BCUT2D eigenvalue weighted by molar-refractivity contribution is 5.76. The highest BCUT2D eigenvalue weighted by Crippen LogP contribution is 2.32. The molecule has 120 valence electrons. The molecule has 2 atom stereocenters. The fourth-order valence-electron chi connectivity index (χ4n) is 3.95. The Hall–Kier alpha value is -1.42. The average molecular weight is 304 g/mol. The molecule has 2 aliphatic heterocycles. The fourth-order valence-corrected chi connectivity index (χ4v) is 3.95. The predicted molar refractivity (Wildman–Crippen MR) is 85.1 cm³/mol. The minimum atomic E-state index is -0.203. The summed E-state index contributed by atoms with van der Waals surface area (Å²) < 4.78 is 13.1. The van der Waals surface area contributed by atoms with E-state index >= 15 is 0 Å². The number of nitrogens with one attached hydrogen (secondary N) is 2. The first kappa shape index (κ1) is 15.5. The van der Waals surface area contributed by atoms with Gasteiger partial charge in [-0.05, 0) is 68.2 Å². The van der Waals surface area contributed by atoms with E-state index in [2.05, 4.69) is 10.6 Å². The molecule has 0 saturated carbocycles. The second-order valence-electron chi connectivity index (χ2n) is 6.85. The van der Waals surface area contributed by atoms with Crippen molar-refractivity contribution in [2.75, 3.05) is 6.54 Å². The molecule has 2 aliphatic rings. The first-order chi connectivity index (χ1) is 10.6. The molecule has 1 amide bonds. The number of amides is 1. The maximum atomic E-state index is 13.1. The molecule has 0 aliphatic carbocycles. The Labute approximate surface area is 131 Å². The van der Waals surface area contributed by atoms with Gasteiger partial charge in [0.25, 0.3) is 0 Å². The molecule has 2 N–H and O–H groups in total. The summed E-state index contributed by atoms with van der Waals surface area (Å²) in [4.78, 5) is 12.1. The van der Waals surface area contributed by atoms with Crippen molar-refractivity contribution < 1.29 is 9.18 Å². The third kappa shape index (κ3) is 3.86. The number of piperidine rings is 1. The van der Waals surface area contributed by atoms with Gasteiger partial charge < -0.3 is 10.6 Å². The Morgan fingerprint density at radius 3 is 2.73 bits per heavy atom. The van der Waals surface area contributed by atoms with Gasteiger partial charge in [-0.25, -0.2) is 4.39 Å². The number of benzene rings is 1. The highest BCUT2D eigenvalue weighted by atomic mass is 19.1. The molecule has 1 aromatic rings. The number of halogens is 1. The lowest BCUT2D eigenvalue weighted by Crippen LogP contribution is -2.39. The monoisotopic (exact) mass is 304 g/mol. The summed E-state index contributed by atoms with van der Waals surface area (Å²) in [6, 6.07) is 6.11. The third-order valence-electron chi connectivity index (χ3n) is 5.07. The van der Waals surface area contributed by atoms with Crippen molar-refractivity contribution in [3.63, 3.8) is 0 Å². The molecule has 2 bridgehead atoms. The summed E-state index contributed by atoms with van der Waals surface area (Å²) in [6.07, 6.45) is 6.23. The molecule has 1 aromatic carbocycles. The first-order valence-corrected chi connectivity index (χ1v) is 8.38. The molecule has 3 nitrogen and oxygen atoms in total. The van der Waals surface area contributed by atoms with Crippen molar-refractivity contribution in [1.82, 2.24) is 10.6 Å². The van der Waals surface area contributed by atoms with Crippen LogP contribution in [0.15, 0.2) is 18.2 Å². The van der Waals surface area contributed by atoms with Crippen molar-refractivity contribution in [2.45, 2.75) is 57.5 Å². The van der Waals surface area contributed by atoms with E-state index in [9.17, 15) is 9.18 Å². The highest BCUT2D eigenvalue weighted by Gasteiger charge is 2.34. The van der Waals surface area contributed by atoms with Gasteiger partial charge in [0.15, 0.2) is 0 Å². The van der Waals surface area contributed by atoms with Gasteiger partial charge in [0, 0.05) is 25.0 Å². The SMILES string of the molecule is Cc1cc(F)ccc1CCNC(=O)CC1CC2CCC(C1)N2. The van der Waals surface area contributed by atoms with Crippen LogP contribution < -0.4 is 10.6 Å². The van der Waals surface area contributed by atoms with Crippen LogP contribution in [0.25, 0.3) is 0 Å². The Morgan fingerprint density at radius 2 is 2.05 bits per heavy atom. The van der Waals surface area contributed by atoms with Crippen LogP contribution in [0.1, 0.15) is 43.2 Å². The Morgan fingerprint density at radius 1 is 1.32 bits per heavy atom. The number of rotatable bonds is 5. The molecule has 2 unspecified atom stereocenters. The van der Waals surface area contributed by atoms with Crippen molar-refractivity contribution in [1.29, 1.82) is 0 Å². The van der Waals surface area contributed by atoms with E-state index in [0.717, 1.165) is 30.4 Å². The van der Waals surface area contributed by atoms with Gasteiger partial charge in [-0.15, -0.1) is 0 Å². The molecule has 4 heteroatoms. The molecule has 0 radical (unpaired) electrons. The van der Waals surface area contributed by atoms with Crippen LogP contribution >= 0.6 is 0 Å². The predicted octanol–water partition coefficient (Wildman–Crippen LogP) is 2.71. The zero-order valence-electron chi connectivity index (χ0n) is 13.2. The van der Waals surface area contributed by atoms with Crippen molar-refractivity contribution >= 4 is 5.91 Å². The molecular formula is C18H25FN2O. The molecule has 3 rings (SSSR count). The minimum absolute atomic E-state index is 0.158. The summed E-state index contributed by atoms with van der Waals surface area (Å²) >= 11 is 0. The number of fused-ring (bicyclic) bond motifs is 2. The van der Waals surface area contributed by atoms with Crippen LogP contribution in [-0.2, 0) is 11.2 Å². The topological polar surface area (TPSA) is 41.1 Å². The molecule has 0 spiro atoms. The van der Waals surface area contributed by atoms with E-state index in [1.54, 1.807) is 12.1 Å². The zero-order valence-corrected chi connectivity index (χ0v) is 13.2. The summed E-state index contributed by atoms with van der Waals surface area (Å²) in [5.41, 5.74) is 2.05. The van der Waals surface area contributed by atoms with Gasteiger partial charge in [0.2, 0.25) is 5.91 Å². The van der Waals surface area contributed by atoms with Crippen LogP contribution in [0.2, 0.25) is 0 Å². The van der Waals surface area contributed by atoms with Gasteiger partial charge in [0.05, 0.1) is 0 Å². The van der Waals surface area contributed by atoms with Crippen LogP contribution in [0.4, 0.5) is 4.39 Å². The molecule has 22 heavy (non-hydrogen) atoms. The largest absolute Gasteiger partial charge is 0.356 e. The van der Waals surface area contributed by atoms with E-state index in [-0.39, 0.29) is 11.7 Å². The standard InChI is InChI=1S/C18H25FN2O/c1-12-8-15(19)3-2-14(12)6-7-20-18(22)11-13-9-16-4-5-17(10-13)21-16/h2-3,8,13,16-17,21H,4-7,9-11H2,1H3,(H,20,22). The maximum absolute atomic E-state index is 13.1. The zero-order chi connectivity index (χ0) is 15.5. The van der Waals surface area contributed by atoms with Gasteiger partial charge in [-0.1, -0.05) is 6.07 Å². The molecule has 0 aromatic heterocycles. The van der Waals surface area contributed by atoms with Gasteiger partial charge in [-0.2, -0.15) is 0 Å². The van der Waals surface area contributed by atoms with Crippen LogP contribution in [0.5, 0.6) is 0 Å². The number of hydrogen-bond acceptors (Lipinski definition) is 2. The Bertz CT molecular complexity index is 534. The average Bonchev–Trinajstić information content (AvgIpc) is 2.80. The lowest BCUT2D eigenvalue weighted by Gasteiger charge is -2.28. The van der Waals surface area contributed by atoms with Crippen LogP contribution in [-0.4, -0.2) is 24.5 Å². The summed E-state index contributed by atoms with van der Waals surface area (Å²) in [5, 5.41) is 6.62. The summed E-state index contributed by atoms with van der Waals surface area (Å²) in [5.74, 6) is 0.489. The van der Waals surface area contributed by atoms with Crippen LogP contribution in [0.3, 0.4) is 0 Å². The smallest absolute Gasteiger partial charge is 0.220 e. The van der Waals surface area contributed by atoms with Crippen LogP contribution in [0, 0.1) is 18.7 Å². The summed E-state index contributed by atoms with van der Waals surface area (Å²) in [6.45, 7) is 2.54. The Balaban J connectivity index is 1.41. The fraction of sp³-hybridized carbons (Fsp3) is 0.611. The van der Waals surface area contributed by atoms with Gasteiger partial charge in [-0.3, -0.25) is 4.79 Å². The minimum Gasteiger partial charge on any atom is -0.356 e. The number of hydrogen-bond donors (Lipinski definition) is 2. The van der Waals surface area contributed by atoms with E-state index in [0.29, 0.717) is 31.0 Å². The van der Waals surface area contributed by atoms with E-state index in [1.165, 1.54) is 18.9 Å². The summed E-state index contributed by atoms with van der Waals surface area (Å²) in [7, 11) is 0. The first-order valence-electron chi connectivity index (χ1n) is 8.38. The lowest BCUT2D eigenvalue weighted by molar-refractivity contribution is -0.122. The number of carbonyl (C=O) groups excluding carboxylic acids is 1. The normalized spacial score (nSPS) is 26.9. The van der Waals surface area contributed by atoms with E-state index in [4.69, 9.17) is 0 Å². The second kappa shape index (κ2) is 6.78. The van der Waals surface area contributed by atoms with Crippen molar-refractivity contribution in [2.24, 2.45) is 5.92 Å². The van der Waals surface area contributed by atoms with Gasteiger partial charge >= 0.3 is 0 Å². The van der Waals surface area contributed by atoms with E-state index in [1.807, 2.05) is 6.92 Å². The molecule has 2 heterocycles. The van der Waals surface area contributed by atoms with E-state index < -0.39 is 0 Å². The molecule has 2 saturated heterocycles. The van der Waals surface area contributed by atoms with Crippen molar-refractivity contribution in [3.8, 4) is 0 Å². The number of aryl methyl sites for hydroxylation is 1. The molecule has 2 fully saturated rings. The lowest BCUT2D eigenvalue weighted by atomic mass is 9.89. The number of carbonyl (C=O) groups is 1. The third-order valence-corrected chi connectivity index (χ3v) is 5.07. The molecular weight excluding hydrogens is 279 g/mol. The second-order valence-corrected chi connectivity index (χ2v) is 6.85. The quantitative estimate of drug-likeness (QED) is 0.878. The van der Waals surface area contributed by atoms with Crippen molar-refractivity contribution in [3.05, 3.63) is 35.1 Å². The maximum Gasteiger partial charge on any atom is 0.220 e. The Kier molecular flexibility index (Phi) is 4.77.